The summed E-state index contributed by atoms with van der Waals surface area (Å²) in [6.45, 7) is 6.60. The first-order chi connectivity index (χ1) is 16.0. The quantitative estimate of drug-likeness (QED) is 0.578. The van der Waals surface area contributed by atoms with Crippen molar-refractivity contribution in [2.75, 3.05) is 25.5 Å². The molecule has 0 bridgehead atoms. The summed E-state index contributed by atoms with van der Waals surface area (Å²) in [5, 5.41) is 5.61. The van der Waals surface area contributed by atoms with Crippen molar-refractivity contribution in [3.8, 4) is 5.75 Å². The molecule has 2 aliphatic rings. The summed E-state index contributed by atoms with van der Waals surface area (Å²) >= 11 is 0. The molecule has 0 aliphatic carbocycles. The molecule has 0 aromatic heterocycles. The van der Waals surface area contributed by atoms with Gasteiger partial charge in [0.05, 0.1) is 13.2 Å². The lowest BCUT2D eigenvalue weighted by Gasteiger charge is -2.34. The first kappa shape index (κ1) is 25.3. The standard InChI is InChI=1S/C24H35N5O5/c1-24(2,3)14-19(30)29-12-10-17(20(29)22(32)28-11-6-9-18(28)21(25)31)27-23(33)26-15-7-5-8-16(13-15)34-4/h5,7-8,13,17-18,20H,6,9-12,14H2,1-4H3,(H2,25,31)(H2,26,27,33). The van der Waals surface area contributed by atoms with Gasteiger partial charge in [-0.05, 0) is 36.8 Å². The molecular weight excluding hydrogens is 438 g/mol. The third-order valence-corrected chi connectivity index (χ3v) is 6.16. The minimum absolute atomic E-state index is 0.154. The molecule has 2 aliphatic heterocycles. The number of nitrogens with zero attached hydrogens (tertiary/aromatic N) is 2. The highest BCUT2D eigenvalue weighted by Crippen LogP contribution is 2.29. The van der Waals surface area contributed by atoms with Gasteiger partial charge in [-0.2, -0.15) is 0 Å². The van der Waals surface area contributed by atoms with E-state index in [-0.39, 0.29) is 23.7 Å². The number of methoxy groups -OCH3 is 1. The highest BCUT2D eigenvalue weighted by molar-refractivity contribution is 5.95. The van der Waals surface area contributed by atoms with E-state index in [4.69, 9.17) is 10.5 Å². The van der Waals surface area contributed by atoms with Gasteiger partial charge < -0.3 is 30.9 Å². The summed E-state index contributed by atoms with van der Waals surface area (Å²) in [6.07, 6.45) is 1.85. The van der Waals surface area contributed by atoms with Gasteiger partial charge in [0.25, 0.3) is 0 Å². The molecule has 1 aromatic carbocycles. The fourth-order valence-electron chi connectivity index (χ4n) is 4.62. The summed E-state index contributed by atoms with van der Waals surface area (Å²) in [5.41, 5.74) is 5.80. The number of carbonyl (C=O) groups is 4. The third-order valence-electron chi connectivity index (χ3n) is 6.16. The topological polar surface area (TPSA) is 134 Å². The van der Waals surface area contributed by atoms with E-state index in [0.717, 1.165) is 0 Å². The Labute approximate surface area is 200 Å². The second kappa shape index (κ2) is 10.3. The summed E-state index contributed by atoms with van der Waals surface area (Å²) in [4.78, 5) is 54.4. The van der Waals surface area contributed by atoms with Crippen LogP contribution in [0.15, 0.2) is 24.3 Å². The van der Waals surface area contributed by atoms with Crippen LogP contribution < -0.4 is 21.1 Å². The van der Waals surface area contributed by atoms with Crippen molar-refractivity contribution in [1.29, 1.82) is 0 Å². The molecule has 0 saturated carbocycles. The van der Waals surface area contributed by atoms with Crippen LogP contribution in [0.1, 0.15) is 46.5 Å². The zero-order valence-electron chi connectivity index (χ0n) is 20.3. The van der Waals surface area contributed by atoms with Gasteiger partial charge in [-0.15, -0.1) is 0 Å². The number of likely N-dealkylation sites (tertiary alicyclic amines) is 2. The number of carbonyl (C=O) groups excluding carboxylic acids is 4. The van der Waals surface area contributed by atoms with Crippen LogP contribution in [0, 0.1) is 5.41 Å². The van der Waals surface area contributed by atoms with E-state index in [1.54, 1.807) is 29.2 Å². The van der Waals surface area contributed by atoms with E-state index >= 15 is 0 Å². The fourth-order valence-corrected chi connectivity index (χ4v) is 4.62. The third kappa shape index (κ3) is 5.98. The van der Waals surface area contributed by atoms with E-state index in [1.807, 2.05) is 20.8 Å². The summed E-state index contributed by atoms with van der Waals surface area (Å²) in [6, 6.07) is 4.23. The normalized spacial score (nSPS) is 22.4. The molecule has 10 heteroatoms. The molecule has 3 unspecified atom stereocenters. The first-order valence-corrected chi connectivity index (χ1v) is 11.6. The van der Waals surface area contributed by atoms with Crippen molar-refractivity contribution in [2.45, 2.75) is 64.6 Å². The number of anilines is 1. The number of ether oxygens (including phenoxy) is 1. The molecular formula is C24H35N5O5. The number of hydrogen-bond acceptors (Lipinski definition) is 5. The molecule has 3 rings (SSSR count). The van der Waals surface area contributed by atoms with Gasteiger partial charge in [-0.1, -0.05) is 26.8 Å². The van der Waals surface area contributed by atoms with Crippen molar-refractivity contribution in [2.24, 2.45) is 11.1 Å². The fraction of sp³-hybridized carbons (Fsp3) is 0.583. The lowest BCUT2D eigenvalue weighted by molar-refractivity contribution is -0.147. The Bertz CT molecular complexity index is 944. The lowest BCUT2D eigenvalue weighted by atomic mass is 9.91. The van der Waals surface area contributed by atoms with Gasteiger partial charge >= 0.3 is 6.03 Å². The first-order valence-electron chi connectivity index (χ1n) is 11.6. The molecule has 5 amide bonds. The average molecular weight is 474 g/mol. The van der Waals surface area contributed by atoms with Gasteiger partial charge in [0.15, 0.2) is 0 Å². The summed E-state index contributed by atoms with van der Waals surface area (Å²) < 4.78 is 5.18. The Kier molecular flexibility index (Phi) is 7.68. The van der Waals surface area contributed by atoms with Crippen molar-refractivity contribution in [3.63, 3.8) is 0 Å². The van der Waals surface area contributed by atoms with E-state index < -0.39 is 30.1 Å². The SMILES string of the molecule is COc1cccc(NC(=O)NC2CCN(C(=O)CC(C)(C)C)C2C(=O)N2CCCC2C(N)=O)c1. The van der Waals surface area contributed by atoms with Gasteiger partial charge in [-0.3, -0.25) is 14.4 Å². The maximum atomic E-state index is 13.6. The molecule has 34 heavy (non-hydrogen) atoms. The van der Waals surface area contributed by atoms with E-state index in [2.05, 4.69) is 10.6 Å². The minimum atomic E-state index is -0.897. The summed E-state index contributed by atoms with van der Waals surface area (Å²) in [7, 11) is 1.54. The minimum Gasteiger partial charge on any atom is -0.497 e. The van der Waals surface area contributed by atoms with Gasteiger partial charge in [-0.25, -0.2) is 4.79 Å². The van der Waals surface area contributed by atoms with Gasteiger partial charge in [0.2, 0.25) is 17.7 Å². The highest BCUT2D eigenvalue weighted by atomic mass is 16.5. The van der Waals surface area contributed by atoms with Crippen LogP contribution in [-0.2, 0) is 14.4 Å². The molecule has 0 spiro atoms. The Morgan fingerprint density at radius 1 is 1.12 bits per heavy atom. The maximum Gasteiger partial charge on any atom is 0.319 e. The molecule has 2 heterocycles. The molecule has 0 radical (unpaired) electrons. The van der Waals surface area contributed by atoms with Crippen LogP contribution in [0.25, 0.3) is 0 Å². The monoisotopic (exact) mass is 473 g/mol. The van der Waals surface area contributed by atoms with Crippen molar-refractivity contribution in [3.05, 3.63) is 24.3 Å². The van der Waals surface area contributed by atoms with E-state index in [1.165, 1.54) is 12.0 Å². The van der Waals surface area contributed by atoms with Crippen LogP contribution >= 0.6 is 0 Å². The van der Waals surface area contributed by atoms with Gasteiger partial charge in [0.1, 0.15) is 17.8 Å². The number of rotatable bonds is 6. The van der Waals surface area contributed by atoms with Gasteiger partial charge in [0, 0.05) is 31.3 Å². The van der Waals surface area contributed by atoms with Crippen molar-refractivity contribution in [1.82, 2.24) is 15.1 Å². The molecule has 2 saturated heterocycles. The zero-order chi connectivity index (χ0) is 25.0. The number of primary amides is 1. The highest BCUT2D eigenvalue weighted by Gasteiger charge is 2.47. The zero-order valence-corrected chi connectivity index (χ0v) is 20.3. The Balaban J connectivity index is 1.80. The average Bonchev–Trinajstić information content (AvgIpc) is 3.39. The van der Waals surface area contributed by atoms with E-state index in [0.29, 0.717) is 43.8 Å². The Morgan fingerprint density at radius 3 is 2.50 bits per heavy atom. The second-order valence-electron chi connectivity index (χ2n) is 10.1. The molecule has 2 fully saturated rings. The predicted octanol–water partition coefficient (Wildman–Crippen LogP) is 1.70. The number of amides is 5. The predicted molar refractivity (Wildman–Crippen MR) is 127 cm³/mol. The van der Waals surface area contributed by atoms with Crippen molar-refractivity contribution < 1.29 is 23.9 Å². The molecule has 10 nitrogen and oxygen atoms in total. The second-order valence-corrected chi connectivity index (χ2v) is 10.1. The molecule has 186 valence electrons. The largest absolute Gasteiger partial charge is 0.497 e. The smallest absolute Gasteiger partial charge is 0.319 e. The van der Waals surface area contributed by atoms with Crippen LogP contribution in [0.5, 0.6) is 5.75 Å². The number of hydrogen-bond donors (Lipinski definition) is 3. The maximum absolute atomic E-state index is 13.6. The number of nitrogens with one attached hydrogen (secondary N) is 2. The van der Waals surface area contributed by atoms with Crippen LogP contribution in [-0.4, -0.2) is 71.9 Å². The summed E-state index contributed by atoms with van der Waals surface area (Å²) in [5.74, 6) is -0.472. The number of urea groups is 1. The number of nitrogens with two attached hydrogens (primary N) is 1. The van der Waals surface area contributed by atoms with Crippen molar-refractivity contribution >= 4 is 29.4 Å². The molecule has 4 N–H and O–H groups in total. The van der Waals surface area contributed by atoms with Crippen LogP contribution in [0.4, 0.5) is 10.5 Å². The Hall–Kier alpha value is -3.30. The van der Waals surface area contributed by atoms with Crippen LogP contribution in [0.2, 0.25) is 0 Å². The van der Waals surface area contributed by atoms with E-state index in [9.17, 15) is 19.2 Å². The molecule has 1 aromatic rings. The number of benzene rings is 1. The Morgan fingerprint density at radius 2 is 1.85 bits per heavy atom. The lowest BCUT2D eigenvalue weighted by Crippen LogP contribution is -2.58. The van der Waals surface area contributed by atoms with Crippen LogP contribution in [0.3, 0.4) is 0 Å². The molecule has 3 atom stereocenters.